The predicted molar refractivity (Wildman–Crippen MR) is 128 cm³/mol. The number of amides is 1. The number of nitrogens with zero attached hydrogens (tertiary/aromatic N) is 3. The molecule has 0 atom stereocenters. The lowest BCUT2D eigenvalue weighted by molar-refractivity contribution is -0.137. The molecule has 6 nitrogen and oxygen atoms in total. The van der Waals surface area contributed by atoms with Crippen molar-refractivity contribution < 1.29 is 22.4 Å². The number of para-hydroxylation sites is 2. The smallest absolute Gasteiger partial charge is 0.384 e. The molecule has 0 unspecified atom stereocenters. The molecule has 5 rings (SSSR count). The van der Waals surface area contributed by atoms with Gasteiger partial charge in [0.25, 0.3) is 5.91 Å². The van der Waals surface area contributed by atoms with Crippen LogP contribution in [-0.2, 0) is 12.6 Å². The van der Waals surface area contributed by atoms with Gasteiger partial charge in [0.1, 0.15) is 22.7 Å². The molecule has 2 heterocycles. The fourth-order valence-corrected chi connectivity index (χ4v) is 4.03. The summed E-state index contributed by atoms with van der Waals surface area (Å²) in [5.74, 6) is -0.988. The maximum Gasteiger partial charge on any atom is 0.416 e. The summed E-state index contributed by atoms with van der Waals surface area (Å²) < 4.78 is 54.6. The van der Waals surface area contributed by atoms with Gasteiger partial charge in [-0.2, -0.15) is 13.2 Å². The molecule has 3 aromatic carbocycles. The molecule has 0 aliphatic rings. The van der Waals surface area contributed by atoms with Crippen molar-refractivity contribution in [3.05, 3.63) is 95.3 Å². The Morgan fingerprint density at radius 2 is 1.64 bits per heavy atom. The van der Waals surface area contributed by atoms with Crippen LogP contribution in [0.15, 0.2) is 72.8 Å². The first-order chi connectivity index (χ1) is 17.2. The summed E-state index contributed by atoms with van der Waals surface area (Å²) in [5.41, 5.74) is 7.78. The van der Waals surface area contributed by atoms with Crippen LogP contribution in [0.4, 0.5) is 23.4 Å². The zero-order chi connectivity index (χ0) is 25.4. The largest absolute Gasteiger partial charge is 0.416 e. The summed E-state index contributed by atoms with van der Waals surface area (Å²) in [6.45, 7) is 0.223. The third-order valence-corrected chi connectivity index (χ3v) is 5.77. The molecule has 0 bridgehead atoms. The van der Waals surface area contributed by atoms with Crippen LogP contribution in [0.3, 0.4) is 0 Å². The van der Waals surface area contributed by atoms with E-state index >= 15 is 0 Å². The molecule has 182 valence electrons. The Labute approximate surface area is 202 Å². The zero-order valence-electron chi connectivity index (χ0n) is 18.7. The Morgan fingerprint density at radius 3 is 2.33 bits per heavy atom. The van der Waals surface area contributed by atoms with Gasteiger partial charge in [0.2, 0.25) is 0 Å². The van der Waals surface area contributed by atoms with Crippen molar-refractivity contribution in [1.29, 1.82) is 0 Å². The van der Waals surface area contributed by atoms with Crippen LogP contribution in [0.25, 0.3) is 27.9 Å². The molecule has 2 aromatic heterocycles. The van der Waals surface area contributed by atoms with Gasteiger partial charge in [0, 0.05) is 12.2 Å². The second-order valence-electron chi connectivity index (χ2n) is 8.16. The van der Waals surface area contributed by atoms with Crippen molar-refractivity contribution in [2.24, 2.45) is 0 Å². The number of halogens is 4. The first-order valence-corrected chi connectivity index (χ1v) is 11.0. The van der Waals surface area contributed by atoms with E-state index in [1.807, 2.05) is 0 Å². The van der Waals surface area contributed by atoms with Gasteiger partial charge in [-0.15, -0.1) is 0 Å². The minimum absolute atomic E-state index is 0.0137. The molecule has 0 saturated heterocycles. The lowest BCUT2D eigenvalue weighted by Gasteiger charge is -2.12. The molecule has 36 heavy (non-hydrogen) atoms. The first-order valence-electron chi connectivity index (χ1n) is 11.0. The molecule has 10 heteroatoms. The summed E-state index contributed by atoms with van der Waals surface area (Å²) in [4.78, 5) is 22.4. The first kappa shape index (κ1) is 23.3. The Kier molecular flexibility index (Phi) is 5.79. The molecule has 0 saturated carbocycles. The quantitative estimate of drug-likeness (QED) is 0.326. The van der Waals surface area contributed by atoms with Crippen LogP contribution in [0.2, 0.25) is 0 Å². The number of fused-ring (bicyclic) bond motifs is 2. The number of hydrogen-bond donors (Lipinski definition) is 2. The van der Waals surface area contributed by atoms with Crippen molar-refractivity contribution in [3.63, 3.8) is 0 Å². The topological polar surface area (TPSA) is 85.8 Å². The van der Waals surface area contributed by atoms with E-state index in [1.165, 1.54) is 28.8 Å². The molecule has 5 aromatic rings. The summed E-state index contributed by atoms with van der Waals surface area (Å²) >= 11 is 0. The molecule has 1 amide bonds. The van der Waals surface area contributed by atoms with Crippen LogP contribution in [0.1, 0.15) is 21.5 Å². The van der Waals surface area contributed by atoms with E-state index in [9.17, 15) is 22.4 Å². The zero-order valence-corrected chi connectivity index (χ0v) is 18.7. The van der Waals surface area contributed by atoms with Crippen molar-refractivity contribution in [1.82, 2.24) is 19.9 Å². The number of anilines is 1. The van der Waals surface area contributed by atoms with Gasteiger partial charge in [-0.05, 0) is 54.4 Å². The van der Waals surface area contributed by atoms with Crippen LogP contribution >= 0.6 is 0 Å². The van der Waals surface area contributed by atoms with Crippen molar-refractivity contribution >= 4 is 33.9 Å². The highest BCUT2D eigenvalue weighted by Gasteiger charge is 2.31. The molecule has 0 spiro atoms. The lowest BCUT2D eigenvalue weighted by atomic mass is 10.1. The number of aromatic nitrogens is 3. The highest BCUT2D eigenvalue weighted by Crippen LogP contribution is 2.34. The monoisotopic (exact) mass is 493 g/mol. The SMILES string of the molecule is Nc1c(C(=O)NCCc2ccc(F)cc2)c2nc3ccccc3nc2n1-c1cccc(C(F)(F)F)c1. The molecule has 0 radical (unpaired) electrons. The number of nitrogens with two attached hydrogens (primary N) is 1. The second-order valence-corrected chi connectivity index (χ2v) is 8.16. The van der Waals surface area contributed by atoms with E-state index < -0.39 is 17.6 Å². The van der Waals surface area contributed by atoms with Gasteiger partial charge >= 0.3 is 6.18 Å². The van der Waals surface area contributed by atoms with Crippen molar-refractivity contribution in [2.45, 2.75) is 12.6 Å². The van der Waals surface area contributed by atoms with Crippen LogP contribution < -0.4 is 11.1 Å². The van der Waals surface area contributed by atoms with Crippen LogP contribution in [0, 0.1) is 5.82 Å². The number of carbonyl (C=O) groups excluding carboxylic acids is 1. The summed E-state index contributed by atoms with van der Waals surface area (Å²) in [6, 6.07) is 17.5. The highest BCUT2D eigenvalue weighted by molar-refractivity contribution is 6.11. The van der Waals surface area contributed by atoms with E-state index in [-0.39, 0.29) is 40.6 Å². The van der Waals surface area contributed by atoms with Gasteiger partial charge in [-0.1, -0.05) is 30.3 Å². The molecule has 0 aliphatic heterocycles. The van der Waals surface area contributed by atoms with E-state index in [0.29, 0.717) is 17.5 Å². The maximum atomic E-state index is 13.4. The van der Waals surface area contributed by atoms with Crippen LogP contribution in [0.5, 0.6) is 0 Å². The average Bonchev–Trinajstić information content (AvgIpc) is 3.14. The van der Waals surface area contributed by atoms with Gasteiger partial charge in [-0.3, -0.25) is 9.36 Å². The fourth-order valence-electron chi connectivity index (χ4n) is 4.03. The third kappa shape index (κ3) is 4.33. The minimum atomic E-state index is -4.56. The van der Waals surface area contributed by atoms with E-state index in [4.69, 9.17) is 5.73 Å². The van der Waals surface area contributed by atoms with E-state index in [1.54, 1.807) is 36.4 Å². The Bertz CT molecular complexity index is 1590. The van der Waals surface area contributed by atoms with Gasteiger partial charge in [0.15, 0.2) is 5.65 Å². The average molecular weight is 493 g/mol. The summed E-state index contributed by atoms with van der Waals surface area (Å²) in [5, 5.41) is 2.77. The van der Waals surface area contributed by atoms with Gasteiger partial charge in [0.05, 0.1) is 16.6 Å². The number of hydrogen-bond acceptors (Lipinski definition) is 4. The molecule has 3 N–H and O–H groups in total. The summed E-state index contributed by atoms with van der Waals surface area (Å²) in [6.07, 6.45) is -4.13. The molecule has 0 aliphatic carbocycles. The van der Waals surface area contributed by atoms with Crippen molar-refractivity contribution in [3.8, 4) is 5.69 Å². The molecular weight excluding hydrogens is 474 g/mol. The number of nitrogen functional groups attached to an aromatic ring is 1. The Hall–Kier alpha value is -4.47. The van der Waals surface area contributed by atoms with Crippen LogP contribution in [-0.4, -0.2) is 27.0 Å². The number of benzene rings is 3. The fraction of sp³-hybridized carbons (Fsp3) is 0.115. The maximum absolute atomic E-state index is 13.4. The van der Waals surface area contributed by atoms with Gasteiger partial charge < -0.3 is 11.1 Å². The Balaban J connectivity index is 1.59. The van der Waals surface area contributed by atoms with E-state index in [2.05, 4.69) is 15.3 Å². The third-order valence-electron chi connectivity index (χ3n) is 5.77. The van der Waals surface area contributed by atoms with Crippen molar-refractivity contribution in [2.75, 3.05) is 12.3 Å². The number of rotatable bonds is 5. The number of alkyl halides is 3. The number of carbonyl (C=O) groups is 1. The lowest BCUT2D eigenvalue weighted by Crippen LogP contribution is -2.26. The Morgan fingerprint density at radius 1 is 0.944 bits per heavy atom. The minimum Gasteiger partial charge on any atom is -0.384 e. The summed E-state index contributed by atoms with van der Waals surface area (Å²) in [7, 11) is 0. The standard InChI is InChI=1S/C26H19F4N5O/c27-17-10-8-15(9-11-17)12-13-32-25(36)21-22-24(34-20-7-2-1-6-19(20)33-22)35(23(21)31)18-5-3-4-16(14-18)26(28,29)30/h1-11,14H,12-13,31H2,(H,32,36). The van der Waals surface area contributed by atoms with Gasteiger partial charge in [-0.25, -0.2) is 14.4 Å². The normalized spacial score (nSPS) is 11.8. The number of nitrogens with one attached hydrogen (secondary N) is 1. The molecular formula is C26H19F4N5O. The second kappa shape index (κ2) is 8.95. The van der Waals surface area contributed by atoms with E-state index in [0.717, 1.165) is 17.7 Å². The molecule has 0 fully saturated rings. The highest BCUT2D eigenvalue weighted by atomic mass is 19.4. The predicted octanol–water partition coefficient (Wildman–Crippen LogP) is 5.29.